The summed E-state index contributed by atoms with van der Waals surface area (Å²) >= 11 is 0. The zero-order chi connectivity index (χ0) is 9.56. The molecule has 0 aromatic carbocycles. The highest BCUT2D eigenvalue weighted by atomic mass is 16.5. The normalized spacial score (nSPS) is 14.2. The van der Waals surface area contributed by atoms with Crippen LogP contribution in [0.1, 0.15) is 6.92 Å². The minimum absolute atomic E-state index is 0.333. The van der Waals surface area contributed by atoms with Gasteiger partial charge >= 0.3 is 0 Å². The summed E-state index contributed by atoms with van der Waals surface area (Å²) in [7, 11) is 8.23. The summed E-state index contributed by atoms with van der Waals surface area (Å²) in [5.74, 6) is 0. The number of hydrogen-bond donors (Lipinski definition) is 0. The molecule has 3 nitrogen and oxygen atoms in total. The first-order chi connectivity index (χ1) is 5.52. The fourth-order valence-electron chi connectivity index (χ4n) is 1.00. The summed E-state index contributed by atoms with van der Waals surface area (Å²) in [6, 6.07) is 0. The Bertz CT molecular complexity index is 105. The summed E-state index contributed by atoms with van der Waals surface area (Å²) in [6.07, 6.45) is 0.333. The smallest absolute Gasteiger partial charge is 0.0674 e. The van der Waals surface area contributed by atoms with Gasteiger partial charge in [-0.1, -0.05) is 0 Å². The Balaban J connectivity index is 3.25. The van der Waals surface area contributed by atoms with Crippen molar-refractivity contribution >= 4 is 0 Å². The Morgan fingerprint density at radius 1 is 1.08 bits per heavy atom. The molecule has 0 aromatic rings. The lowest BCUT2D eigenvalue weighted by atomic mass is 10.4. The molecule has 0 aromatic heterocycles. The van der Waals surface area contributed by atoms with E-state index < -0.39 is 0 Å². The molecule has 0 N–H and O–H groups in total. The number of likely N-dealkylation sites (N-methyl/N-ethyl adjacent to an activating group) is 2. The molecule has 0 rings (SSSR count). The predicted molar refractivity (Wildman–Crippen MR) is 52.5 cm³/mol. The maximum Gasteiger partial charge on any atom is 0.0674 e. The van der Waals surface area contributed by atoms with Crippen LogP contribution < -0.4 is 0 Å². The quantitative estimate of drug-likeness (QED) is 0.584. The molecule has 3 heteroatoms. The van der Waals surface area contributed by atoms with E-state index in [4.69, 9.17) is 4.74 Å². The van der Waals surface area contributed by atoms with Gasteiger partial charge in [0.25, 0.3) is 0 Å². The van der Waals surface area contributed by atoms with Gasteiger partial charge in [0.05, 0.1) is 12.7 Å². The monoisotopic (exact) mass is 174 g/mol. The van der Waals surface area contributed by atoms with E-state index in [1.165, 1.54) is 0 Å². The lowest BCUT2D eigenvalue weighted by Gasteiger charge is -2.18. The van der Waals surface area contributed by atoms with E-state index >= 15 is 0 Å². The second-order valence-electron chi connectivity index (χ2n) is 3.75. The van der Waals surface area contributed by atoms with Crippen LogP contribution in [0.4, 0.5) is 0 Å². The molecule has 0 aliphatic rings. The van der Waals surface area contributed by atoms with Crippen molar-refractivity contribution in [2.75, 3.05) is 47.9 Å². The van der Waals surface area contributed by atoms with Gasteiger partial charge in [-0.3, -0.25) is 0 Å². The third-order valence-electron chi connectivity index (χ3n) is 1.56. The topological polar surface area (TPSA) is 15.7 Å². The Morgan fingerprint density at radius 2 is 1.67 bits per heavy atom. The number of nitrogens with zero attached hydrogens (tertiary/aromatic N) is 2. The van der Waals surface area contributed by atoms with E-state index in [0.29, 0.717) is 6.10 Å². The van der Waals surface area contributed by atoms with Crippen LogP contribution in [0.2, 0.25) is 0 Å². The van der Waals surface area contributed by atoms with E-state index in [2.05, 4.69) is 44.9 Å². The number of rotatable bonds is 6. The highest BCUT2D eigenvalue weighted by Crippen LogP contribution is 1.92. The first kappa shape index (κ1) is 11.9. The third-order valence-corrected chi connectivity index (χ3v) is 1.56. The lowest BCUT2D eigenvalue weighted by Crippen LogP contribution is -2.28. The van der Waals surface area contributed by atoms with Crippen LogP contribution in [0, 0.1) is 0 Å². The van der Waals surface area contributed by atoms with Gasteiger partial charge in [0, 0.05) is 13.1 Å². The van der Waals surface area contributed by atoms with Gasteiger partial charge in [-0.2, -0.15) is 0 Å². The minimum atomic E-state index is 0.333. The van der Waals surface area contributed by atoms with Crippen LogP contribution in [0.5, 0.6) is 0 Å². The van der Waals surface area contributed by atoms with Gasteiger partial charge in [-0.05, 0) is 35.1 Å². The largest absolute Gasteiger partial charge is 0.376 e. The molecule has 0 bridgehead atoms. The van der Waals surface area contributed by atoms with Crippen molar-refractivity contribution in [2.45, 2.75) is 13.0 Å². The second-order valence-corrected chi connectivity index (χ2v) is 3.75. The Kier molecular flexibility index (Phi) is 6.34. The SMILES string of the molecule is CC(CN(C)C)OCCN(C)C. The summed E-state index contributed by atoms with van der Waals surface area (Å²) in [4.78, 5) is 4.27. The summed E-state index contributed by atoms with van der Waals surface area (Å²) in [5, 5.41) is 0. The molecule has 0 aliphatic carbocycles. The fourth-order valence-corrected chi connectivity index (χ4v) is 1.00. The third kappa shape index (κ3) is 7.98. The van der Waals surface area contributed by atoms with Crippen molar-refractivity contribution in [3.63, 3.8) is 0 Å². The van der Waals surface area contributed by atoms with Gasteiger partial charge in [0.2, 0.25) is 0 Å². The fraction of sp³-hybridized carbons (Fsp3) is 1.00. The van der Waals surface area contributed by atoms with E-state index in [0.717, 1.165) is 19.7 Å². The highest BCUT2D eigenvalue weighted by molar-refractivity contribution is 4.54. The van der Waals surface area contributed by atoms with Gasteiger partial charge in [-0.15, -0.1) is 0 Å². The van der Waals surface area contributed by atoms with Crippen molar-refractivity contribution in [1.29, 1.82) is 0 Å². The predicted octanol–water partition coefficient (Wildman–Crippen LogP) is 0.515. The Labute approximate surface area is 76.3 Å². The molecule has 0 saturated carbocycles. The van der Waals surface area contributed by atoms with Crippen molar-refractivity contribution in [2.24, 2.45) is 0 Å². The van der Waals surface area contributed by atoms with Gasteiger partial charge in [0.15, 0.2) is 0 Å². The standard InChI is InChI=1S/C9H22N2O/c1-9(8-11(4)5)12-7-6-10(2)3/h9H,6-8H2,1-5H3. The molecular weight excluding hydrogens is 152 g/mol. The van der Waals surface area contributed by atoms with Crippen LogP contribution in [0.3, 0.4) is 0 Å². The van der Waals surface area contributed by atoms with Crippen molar-refractivity contribution < 1.29 is 4.74 Å². The summed E-state index contributed by atoms with van der Waals surface area (Å²) in [6.45, 7) is 4.92. The van der Waals surface area contributed by atoms with Crippen molar-refractivity contribution in [1.82, 2.24) is 9.80 Å². The van der Waals surface area contributed by atoms with Crippen LogP contribution in [0.25, 0.3) is 0 Å². The molecule has 74 valence electrons. The second kappa shape index (κ2) is 6.40. The molecule has 0 aliphatic heterocycles. The molecule has 0 heterocycles. The average Bonchev–Trinajstić information content (AvgIpc) is 1.84. The molecular formula is C9H22N2O. The molecule has 0 radical (unpaired) electrons. The Morgan fingerprint density at radius 3 is 2.08 bits per heavy atom. The van der Waals surface area contributed by atoms with Crippen molar-refractivity contribution in [3.8, 4) is 0 Å². The van der Waals surface area contributed by atoms with Crippen LogP contribution in [-0.4, -0.2) is 63.8 Å². The van der Waals surface area contributed by atoms with Gasteiger partial charge in [0.1, 0.15) is 0 Å². The zero-order valence-corrected chi connectivity index (χ0v) is 9.00. The molecule has 0 saturated heterocycles. The maximum absolute atomic E-state index is 5.58. The molecule has 0 spiro atoms. The summed E-state index contributed by atoms with van der Waals surface area (Å²) in [5.41, 5.74) is 0. The van der Waals surface area contributed by atoms with Crippen molar-refractivity contribution in [3.05, 3.63) is 0 Å². The number of ether oxygens (including phenoxy) is 1. The van der Waals surface area contributed by atoms with Gasteiger partial charge in [-0.25, -0.2) is 0 Å². The maximum atomic E-state index is 5.58. The lowest BCUT2D eigenvalue weighted by molar-refractivity contribution is 0.0401. The van der Waals surface area contributed by atoms with Crippen LogP contribution >= 0.6 is 0 Å². The van der Waals surface area contributed by atoms with E-state index in [1.54, 1.807) is 0 Å². The van der Waals surface area contributed by atoms with Crippen LogP contribution in [-0.2, 0) is 4.74 Å². The van der Waals surface area contributed by atoms with Crippen LogP contribution in [0.15, 0.2) is 0 Å². The highest BCUT2D eigenvalue weighted by Gasteiger charge is 2.02. The first-order valence-corrected chi connectivity index (χ1v) is 4.43. The molecule has 1 atom stereocenters. The minimum Gasteiger partial charge on any atom is -0.376 e. The summed E-state index contributed by atoms with van der Waals surface area (Å²) < 4.78 is 5.58. The molecule has 0 fully saturated rings. The first-order valence-electron chi connectivity index (χ1n) is 4.43. The van der Waals surface area contributed by atoms with E-state index in [9.17, 15) is 0 Å². The van der Waals surface area contributed by atoms with Gasteiger partial charge < -0.3 is 14.5 Å². The van der Waals surface area contributed by atoms with E-state index in [1.807, 2.05) is 0 Å². The molecule has 0 amide bonds. The number of hydrogen-bond acceptors (Lipinski definition) is 3. The average molecular weight is 174 g/mol. The van der Waals surface area contributed by atoms with E-state index in [-0.39, 0.29) is 0 Å². The molecule has 12 heavy (non-hydrogen) atoms. The zero-order valence-electron chi connectivity index (χ0n) is 9.00. The molecule has 1 unspecified atom stereocenters. The Hall–Kier alpha value is -0.120.